The van der Waals surface area contributed by atoms with Crippen LogP contribution in [0.25, 0.3) is 0 Å². The van der Waals surface area contributed by atoms with E-state index in [1.165, 1.54) is 109 Å². The Kier molecular flexibility index (Phi) is 40.5. The molecule has 10 nitrogen and oxygen atoms in total. The van der Waals surface area contributed by atoms with Gasteiger partial charge in [0.05, 0.1) is 19.8 Å². The molecule has 0 saturated carbocycles. The second-order valence-electron chi connectivity index (χ2n) is 15.4. The van der Waals surface area contributed by atoms with E-state index in [1.807, 2.05) is 0 Å². The first-order valence-electron chi connectivity index (χ1n) is 22.8. The van der Waals surface area contributed by atoms with Gasteiger partial charge in [-0.1, -0.05) is 186 Å². The van der Waals surface area contributed by atoms with Crippen molar-refractivity contribution < 1.29 is 47.8 Å². The number of ether oxygens (including phenoxy) is 2. The fraction of sp³-hybridized carbons (Fsp3) is 0.867. The predicted molar refractivity (Wildman–Crippen MR) is 228 cm³/mol. The number of aliphatic hydroxyl groups is 2. The van der Waals surface area contributed by atoms with Gasteiger partial charge in [-0.2, -0.15) is 0 Å². The topological polar surface area (TPSA) is 149 Å². The highest BCUT2D eigenvalue weighted by atomic mass is 31.2. The van der Waals surface area contributed by atoms with Gasteiger partial charge in [0, 0.05) is 12.8 Å². The van der Waals surface area contributed by atoms with Crippen LogP contribution in [0.15, 0.2) is 24.3 Å². The molecular weight excluding hydrogens is 731 g/mol. The van der Waals surface area contributed by atoms with Crippen molar-refractivity contribution in [3.63, 3.8) is 0 Å². The van der Waals surface area contributed by atoms with Gasteiger partial charge in [-0.3, -0.25) is 18.6 Å². The summed E-state index contributed by atoms with van der Waals surface area (Å²) in [6.45, 7) is 2.35. The number of phosphoric acid groups is 1. The van der Waals surface area contributed by atoms with Gasteiger partial charge in [0.1, 0.15) is 12.7 Å². The second-order valence-corrected chi connectivity index (χ2v) is 16.9. The number of allylic oxidation sites excluding steroid dienone is 4. The van der Waals surface area contributed by atoms with Gasteiger partial charge in [0.15, 0.2) is 6.10 Å². The first-order chi connectivity index (χ1) is 27.2. The molecule has 11 heteroatoms. The molecule has 0 saturated heterocycles. The van der Waals surface area contributed by atoms with Crippen LogP contribution in [0.4, 0.5) is 0 Å². The van der Waals surface area contributed by atoms with Gasteiger partial charge in [-0.25, -0.2) is 4.57 Å². The van der Waals surface area contributed by atoms with Crippen LogP contribution in [0, 0.1) is 0 Å². The van der Waals surface area contributed by atoms with Crippen LogP contribution in [0.2, 0.25) is 0 Å². The first kappa shape index (κ1) is 54.5. The molecule has 0 rings (SSSR count). The fourth-order valence-corrected chi connectivity index (χ4v) is 7.09. The van der Waals surface area contributed by atoms with E-state index in [2.05, 4.69) is 38.2 Å². The number of hydrogen-bond acceptors (Lipinski definition) is 9. The summed E-state index contributed by atoms with van der Waals surface area (Å²) in [6.07, 6.45) is 41.4. The van der Waals surface area contributed by atoms with E-state index >= 15 is 0 Å². The van der Waals surface area contributed by atoms with Gasteiger partial charge in [-0.15, -0.1) is 0 Å². The van der Waals surface area contributed by atoms with Crippen molar-refractivity contribution in [3.05, 3.63) is 24.3 Å². The number of phosphoric ester groups is 1. The van der Waals surface area contributed by atoms with E-state index in [-0.39, 0.29) is 19.4 Å². The first-order valence-corrected chi connectivity index (χ1v) is 24.3. The van der Waals surface area contributed by atoms with Crippen LogP contribution in [0.1, 0.15) is 213 Å². The molecule has 0 fully saturated rings. The van der Waals surface area contributed by atoms with Crippen molar-refractivity contribution >= 4 is 19.8 Å². The van der Waals surface area contributed by atoms with Crippen LogP contribution in [0.3, 0.4) is 0 Å². The molecule has 0 aliphatic heterocycles. The molecule has 0 heterocycles. The van der Waals surface area contributed by atoms with Gasteiger partial charge in [0.2, 0.25) is 0 Å². The van der Waals surface area contributed by atoms with Gasteiger partial charge in [-0.05, 0) is 38.5 Å². The fourth-order valence-electron chi connectivity index (χ4n) is 6.30. The summed E-state index contributed by atoms with van der Waals surface area (Å²) >= 11 is 0. The number of rotatable bonds is 43. The lowest BCUT2D eigenvalue weighted by molar-refractivity contribution is -0.161. The molecule has 0 aliphatic carbocycles. The van der Waals surface area contributed by atoms with Crippen LogP contribution in [-0.4, -0.2) is 65.7 Å². The largest absolute Gasteiger partial charge is 0.472 e. The van der Waals surface area contributed by atoms with E-state index in [1.54, 1.807) is 0 Å². The summed E-state index contributed by atoms with van der Waals surface area (Å²) in [5.41, 5.74) is 0. The van der Waals surface area contributed by atoms with Gasteiger partial charge < -0.3 is 24.6 Å². The van der Waals surface area contributed by atoms with E-state index in [4.69, 9.17) is 23.6 Å². The summed E-state index contributed by atoms with van der Waals surface area (Å²) < 4.78 is 32.7. The van der Waals surface area contributed by atoms with Crippen molar-refractivity contribution in [2.24, 2.45) is 0 Å². The van der Waals surface area contributed by atoms with Crippen molar-refractivity contribution in [3.8, 4) is 0 Å². The Morgan fingerprint density at radius 3 is 1.43 bits per heavy atom. The average Bonchev–Trinajstić information content (AvgIpc) is 3.19. The summed E-state index contributed by atoms with van der Waals surface area (Å²) in [5, 5.41) is 18.3. The molecule has 0 amide bonds. The minimum absolute atomic E-state index is 0.171. The third-order valence-corrected chi connectivity index (χ3v) is 10.8. The zero-order valence-electron chi connectivity index (χ0n) is 35.9. The maximum atomic E-state index is 12.6. The molecule has 3 unspecified atom stereocenters. The minimum Gasteiger partial charge on any atom is -0.462 e. The van der Waals surface area contributed by atoms with Crippen LogP contribution in [-0.2, 0) is 32.7 Å². The molecular formula is C45H85O10P. The zero-order valence-corrected chi connectivity index (χ0v) is 36.8. The van der Waals surface area contributed by atoms with Crippen molar-refractivity contribution in [1.29, 1.82) is 0 Å². The average molecular weight is 817 g/mol. The lowest BCUT2D eigenvalue weighted by Crippen LogP contribution is -2.29. The molecule has 0 radical (unpaired) electrons. The molecule has 0 aromatic carbocycles. The normalized spacial score (nSPS) is 14.0. The summed E-state index contributed by atoms with van der Waals surface area (Å²) in [5.74, 6) is -0.932. The van der Waals surface area contributed by atoms with Gasteiger partial charge in [0.25, 0.3) is 0 Å². The molecule has 0 bridgehead atoms. The highest BCUT2D eigenvalue weighted by Crippen LogP contribution is 2.43. The number of unbranched alkanes of at least 4 members (excludes halogenated alkanes) is 25. The minimum atomic E-state index is -4.62. The molecule has 56 heavy (non-hydrogen) atoms. The number of esters is 2. The van der Waals surface area contributed by atoms with Gasteiger partial charge >= 0.3 is 19.8 Å². The molecule has 0 spiro atoms. The third kappa shape index (κ3) is 40.6. The molecule has 0 aliphatic rings. The second kappa shape index (κ2) is 41.6. The SMILES string of the molecule is CCCC/C=C\C/C=C\CCCCCCCC(=O)OC(COC(=O)CCCCCCCCCCCCCCCCCCCCC)COP(=O)(O)OCC(O)CO. The quantitative estimate of drug-likeness (QED) is 0.0235. The zero-order chi connectivity index (χ0) is 41.2. The molecule has 0 aromatic rings. The monoisotopic (exact) mass is 817 g/mol. The highest BCUT2D eigenvalue weighted by Gasteiger charge is 2.27. The van der Waals surface area contributed by atoms with Crippen LogP contribution in [0.5, 0.6) is 0 Å². The number of carbonyl (C=O) groups is 2. The molecule has 0 aromatic heterocycles. The molecule has 330 valence electrons. The van der Waals surface area contributed by atoms with Crippen LogP contribution < -0.4 is 0 Å². The summed E-state index contributed by atoms with van der Waals surface area (Å²) in [4.78, 5) is 35.0. The Morgan fingerprint density at radius 1 is 0.536 bits per heavy atom. The lowest BCUT2D eigenvalue weighted by atomic mass is 10.0. The highest BCUT2D eigenvalue weighted by molar-refractivity contribution is 7.47. The predicted octanol–water partition coefficient (Wildman–Crippen LogP) is 12.2. The lowest BCUT2D eigenvalue weighted by Gasteiger charge is -2.20. The number of aliphatic hydroxyl groups excluding tert-OH is 2. The number of carbonyl (C=O) groups excluding carboxylic acids is 2. The Labute approximate surface area is 342 Å². The smallest absolute Gasteiger partial charge is 0.462 e. The Morgan fingerprint density at radius 2 is 0.946 bits per heavy atom. The van der Waals surface area contributed by atoms with E-state index < -0.39 is 51.8 Å². The Hall–Kier alpha value is -1.55. The summed E-state index contributed by atoms with van der Waals surface area (Å²) in [6, 6.07) is 0. The maximum Gasteiger partial charge on any atom is 0.472 e. The standard InChI is InChI=1S/C45H85O10P/c1-3-5-7-9-11-13-15-17-19-20-21-22-23-25-26-28-30-32-34-36-44(48)52-40-43(41-54-56(50,51)53-39-42(47)38-46)55-45(49)37-35-33-31-29-27-24-18-16-14-12-10-8-6-4-2/h10,12,16,18,42-43,46-47H,3-9,11,13-15,17,19-41H2,1-2H3,(H,50,51)/b12-10-,18-16-. The van der Waals surface area contributed by atoms with Crippen molar-refractivity contribution in [1.82, 2.24) is 0 Å². The van der Waals surface area contributed by atoms with Crippen molar-refractivity contribution in [2.75, 3.05) is 26.4 Å². The molecule has 3 atom stereocenters. The third-order valence-electron chi connectivity index (χ3n) is 9.86. The molecule has 3 N–H and O–H groups in total. The number of hydrogen-bond donors (Lipinski definition) is 3. The summed E-state index contributed by atoms with van der Waals surface area (Å²) in [7, 11) is -4.62. The van der Waals surface area contributed by atoms with E-state index in [0.717, 1.165) is 64.2 Å². The Bertz CT molecular complexity index is 988. The van der Waals surface area contributed by atoms with E-state index in [9.17, 15) is 24.2 Å². The van der Waals surface area contributed by atoms with Crippen molar-refractivity contribution in [2.45, 2.75) is 225 Å². The maximum absolute atomic E-state index is 12.6. The van der Waals surface area contributed by atoms with Crippen LogP contribution >= 0.6 is 7.82 Å². The van der Waals surface area contributed by atoms with E-state index in [0.29, 0.717) is 12.8 Å². The Balaban J connectivity index is 4.22.